The number of alkyl halides is 5. The third-order valence-electron chi connectivity index (χ3n) is 6.68. The van der Waals surface area contributed by atoms with Gasteiger partial charge in [0, 0.05) is 37.8 Å². The lowest BCUT2D eigenvalue weighted by Gasteiger charge is -2.50. The van der Waals surface area contributed by atoms with Crippen molar-refractivity contribution in [3.8, 4) is 11.5 Å². The lowest BCUT2D eigenvalue weighted by atomic mass is 9.81. The minimum atomic E-state index is -4.67. The van der Waals surface area contributed by atoms with E-state index >= 15 is 0 Å². The summed E-state index contributed by atoms with van der Waals surface area (Å²) in [6.45, 7) is -2.39. The molecule has 0 bridgehead atoms. The summed E-state index contributed by atoms with van der Waals surface area (Å²) in [4.78, 5) is 16.4. The number of hydrogen-bond donors (Lipinski definition) is 0. The van der Waals surface area contributed by atoms with E-state index in [9.17, 15) is 31.1 Å². The number of likely N-dealkylation sites (N-methyl/N-ethyl adjacent to an activating group) is 1. The van der Waals surface area contributed by atoms with Crippen LogP contribution in [0.15, 0.2) is 24.3 Å². The van der Waals surface area contributed by atoms with Gasteiger partial charge in [-0.25, -0.2) is 4.39 Å². The largest absolute Gasteiger partial charge is 0.493 e. The Kier molecular flexibility index (Phi) is 6.21. The predicted octanol–water partition coefficient (Wildman–Crippen LogP) is 4.33. The van der Waals surface area contributed by atoms with Crippen molar-refractivity contribution in [1.82, 2.24) is 14.4 Å². The first-order chi connectivity index (χ1) is 16.0. The number of aromatic nitrogens is 1. The Hall–Kier alpha value is -2.89. The van der Waals surface area contributed by atoms with Gasteiger partial charge >= 0.3 is 12.8 Å². The van der Waals surface area contributed by atoms with Crippen molar-refractivity contribution < 1.29 is 40.6 Å². The van der Waals surface area contributed by atoms with E-state index in [0.717, 1.165) is 4.57 Å². The van der Waals surface area contributed by atoms with E-state index in [1.165, 1.54) is 30.2 Å². The molecule has 1 spiro atoms. The lowest BCUT2D eigenvalue weighted by molar-refractivity contribution is -0.144. The van der Waals surface area contributed by atoms with Crippen LogP contribution >= 0.6 is 0 Å². The van der Waals surface area contributed by atoms with Gasteiger partial charge in [0.05, 0.1) is 18.3 Å². The number of ether oxygens (including phenoxy) is 2. The SMILES string of the molecule is COc1cc(C(=O)N2CCC3(CC2)c2c(F)cc(C(F)(F)F)n2CCN3C)ccc1OC(F)F. The van der Waals surface area contributed by atoms with Gasteiger partial charge in [0.25, 0.3) is 5.91 Å². The summed E-state index contributed by atoms with van der Waals surface area (Å²) in [6, 6.07) is 4.38. The summed E-state index contributed by atoms with van der Waals surface area (Å²) < 4.78 is 90.7. The number of benzene rings is 1. The maximum Gasteiger partial charge on any atom is 0.431 e. The molecule has 2 aliphatic heterocycles. The van der Waals surface area contributed by atoms with E-state index in [1.54, 1.807) is 7.05 Å². The van der Waals surface area contributed by atoms with Crippen molar-refractivity contribution in [2.75, 3.05) is 33.8 Å². The molecule has 0 atom stereocenters. The Morgan fingerprint density at radius 2 is 1.74 bits per heavy atom. The van der Waals surface area contributed by atoms with Crippen LogP contribution in [0.1, 0.15) is 34.6 Å². The molecule has 3 heterocycles. The number of carbonyl (C=O) groups excluding carboxylic acids is 1. The molecule has 12 heteroatoms. The summed E-state index contributed by atoms with van der Waals surface area (Å²) in [5.41, 5.74) is -1.81. The van der Waals surface area contributed by atoms with Gasteiger partial charge in [0.2, 0.25) is 0 Å². The third-order valence-corrected chi connectivity index (χ3v) is 6.68. The van der Waals surface area contributed by atoms with Crippen LogP contribution in [0.4, 0.5) is 26.3 Å². The normalized spacial score (nSPS) is 18.3. The molecule has 1 fully saturated rings. The standard InChI is InChI=1S/C22H23F6N3O3/c1-29-9-10-31-17(22(26,27)28)12-14(23)18(31)21(29)5-7-30(8-6-21)19(32)13-3-4-15(34-20(24)25)16(11-13)33-2/h3-4,11-12,20H,5-10H2,1-2H3. The number of piperidine rings is 1. The quantitative estimate of drug-likeness (QED) is 0.598. The van der Waals surface area contributed by atoms with E-state index in [-0.39, 0.29) is 55.2 Å². The Morgan fingerprint density at radius 1 is 1.06 bits per heavy atom. The third kappa shape index (κ3) is 4.08. The molecule has 0 aliphatic carbocycles. The van der Waals surface area contributed by atoms with E-state index in [1.807, 2.05) is 4.90 Å². The molecule has 1 saturated heterocycles. The second-order valence-corrected chi connectivity index (χ2v) is 8.37. The highest BCUT2D eigenvalue weighted by molar-refractivity contribution is 5.95. The van der Waals surface area contributed by atoms with Crippen LogP contribution in [-0.4, -0.2) is 60.7 Å². The fourth-order valence-corrected chi connectivity index (χ4v) is 4.98. The average Bonchev–Trinajstić information content (AvgIpc) is 3.14. The number of fused-ring (bicyclic) bond motifs is 2. The smallest absolute Gasteiger partial charge is 0.431 e. The number of methoxy groups -OCH3 is 1. The topological polar surface area (TPSA) is 46.9 Å². The minimum Gasteiger partial charge on any atom is -0.493 e. The Labute approximate surface area is 191 Å². The number of hydrogen-bond acceptors (Lipinski definition) is 4. The summed E-state index contributed by atoms with van der Waals surface area (Å²) in [5, 5.41) is 0. The monoisotopic (exact) mass is 491 g/mol. The lowest BCUT2D eigenvalue weighted by Crippen LogP contribution is -2.57. The zero-order valence-electron chi connectivity index (χ0n) is 18.5. The Balaban J connectivity index is 1.57. The first kappa shape index (κ1) is 24.2. The first-order valence-corrected chi connectivity index (χ1v) is 10.6. The maximum atomic E-state index is 14.8. The summed E-state index contributed by atoms with van der Waals surface area (Å²) >= 11 is 0. The molecule has 4 rings (SSSR count). The van der Waals surface area contributed by atoms with Crippen LogP contribution in [-0.2, 0) is 18.3 Å². The summed E-state index contributed by atoms with van der Waals surface area (Å²) in [6.07, 6.45) is -4.21. The molecule has 1 aromatic carbocycles. The second kappa shape index (κ2) is 8.71. The van der Waals surface area contributed by atoms with E-state index in [2.05, 4.69) is 4.74 Å². The molecule has 2 aliphatic rings. The van der Waals surface area contributed by atoms with Crippen LogP contribution in [0.3, 0.4) is 0 Å². The zero-order chi connectivity index (χ0) is 24.8. The van der Waals surface area contributed by atoms with E-state index in [4.69, 9.17) is 4.74 Å². The molecule has 0 saturated carbocycles. The van der Waals surface area contributed by atoms with Gasteiger partial charge < -0.3 is 18.9 Å². The molecule has 186 valence electrons. The predicted molar refractivity (Wildman–Crippen MR) is 108 cm³/mol. The van der Waals surface area contributed by atoms with Gasteiger partial charge in [-0.1, -0.05) is 0 Å². The number of carbonyl (C=O) groups is 1. The number of halogens is 6. The average molecular weight is 491 g/mol. The van der Waals surface area contributed by atoms with Crippen molar-refractivity contribution in [3.63, 3.8) is 0 Å². The fourth-order valence-electron chi connectivity index (χ4n) is 4.98. The zero-order valence-corrected chi connectivity index (χ0v) is 18.5. The second-order valence-electron chi connectivity index (χ2n) is 8.37. The van der Waals surface area contributed by atoms with Crippen molar-refractivity contribution in [3.05, 3.63) is 47.0 Å². The number of nitrogens with zero attached hydrogens (tertiary/aromatic N) is 3. The van der Waals surface area contributed by atoms with Gasteiger partial charge in [-0.15, -0.1) is 0 Å². The van der Waals surface area contributed by atoms with Crippen LogP contribution in [0.5, 0.6) is 11.5 Å². The number of likely N-dealkylation sites (tertiary alicyclic amines) is 1. The summed E-state index contributed by atoms with van der Waals surface area (Å²) in [7, 11) is 3.00. The van der Waals surface area contributed by atoms with Crippen molar-refractivity contribution >= 4 is 5.91 Å². The number of rotatable bonds is 4. The highest BCUT2D eigenvalue weighted by atomic mass is 19.4. The van der Waals surface area contributed by atoms with Crippen molar-refractivity contribution in [2.24, 2.45) is 0 Å². The van der Waals surface area contributed by atoms with Gasteiger partial charge in [-0.05, 0) is 38.1 Å². The van der Waals surface area contributed by atoms with Crippen LogP contribution in [0.2, 0.25) is 0 Å². The van der Waals surface area contributed by atoms with E-state index in [0.29, 0.717) is 12.6 Å². The molecule has 0 unspecified atom stereocenters. The van der Waals surface area contributed by atoms with Gasteiger partial charge in [-0.2, -0.15) is 22.0 Å². The molecule has 0 N–H and O–H groups in total. The molecular formula is C22H23F6N3O3. The van der Waals surface area contributed by atoms with Crippen LogP contribution in [0.25, 0.3) is 0 Å². The summed E-state index contributed by atoms with van der Waals surface area (Å²) in [5.74, 6) is -1.56. The Bertz CT molecular complexity index is 1080. The number of amides is 1. The van der Waals surface area contributed by atoms with Gasteiger partial charge in [0.1, 0.15) is 11.5 Å². The minimum absolute atomic E-state index is 0.00385. The maximum absolute atomic E-state index is 14.8. The molecule has 1 amide bonds. The molecule has 2 aromatic rings. The van der Waals surface area contributed by atoms with Crippen molar-refractivity contribution in [2.45, 2.75) is 37.7 Å². The molecular weight excluding hydrogens is 468 g/mol. The van der Waals surface area contributed by atoms with Crippen LogP contribution < -0.4 is 9.47 Å². The van der Waals surface area contributed by atoms with Gasteiger partial charge in [-0.3, -0.25) is 9.69 Å². The fraction of sp³-hybridized carbons (Fsp3) is 0.500. The Morgan fingerprint density at radius 3 is 2.32 bits per heavy atom. The highest BCUT2D eigenvalue weighted by Gasteiger charge is 2.49. The molecule has 1 aromatic heterocycles. The molecule has 34 heavy (non-hydrogen) atoms. The first-order valence-electron chi connectivity index (χ1n) is 10.6. The highest BCUT2D eigenvalue weighted by Crippen LogP contribution is 2.45. The van der Waals surface area contributed by atoms with E-state index < -0.39 is 35.7 Å². The van der Waals surface area contributed by atoms with Crippen molar-refractivity contribution in [1.29, 1.82) is 0 Å². The van der Waals surface area contributed by atoms with Crippen LogP contribution in [0, 0.1) is 5.82 Å². The molecule has 6 nitrogen and oxygen atoms in total. The molecule has 0 radical (unpaired) electrons. The van der Waals surface area contributed by atoms with Gasteiger partial charge in [0.15, 0.2) is 11.5 Å².